The van der Waals surface area contributed by atoms with E-state index in [0.29, 0.717) is 6.54 Å². The monoisotopic (exact) mass is 310 g/mol. The predicted octanol–water partition coefficient (Wildman–Crippen LogP) is 3.53. The van der Waals surface area contributed by atoms with Crippen LogP contribution in [0.4, 0.5) is 5.69 Å². The Morgan fingerprint density at radius 1 is 1.22 bits per heavy atom. The molecule has 0 radical (unpaired) electrons. The van der Waals surface area contributed by atoms with Crippen LogP contribution < -0.4 is 4.90 Å². The summed E-state index contributed by atoms with van der Waals surface area (Å²) < 4.78 is 6.11. The van der Waals surface area contributed by atoms with Gasteiger partial charge in [-0.05, 0) is 44.4 Å². The summed E-state index contributed by atoms with van der Waals surface area (Å²) in [6.45, 7) is 6.59. The fraction of sp³-hybridized carbons (Fsp3) is 0.368. The van der Waals surface area contributed by atoms with Crippen LogP contribution in [0.5, 0.6) is 0 Å². The molecule has 0 saturated carbocycles. The van der Waals surface area contributed by atoms with Gasteiger partial charge in [0.25, 0.3) is 5.91 Å². The van der Waals surface area contributed by atoms with Crippen molar-refractivity contribution in [3.05, 3.63) is 59.9 Å². The highest BCUT2D eigenvalue weighted by Crippen LogP contribution is 2.32. The second kappa shape index (κ2) is 6.13. The maximum Gasteiger partial charge on any atom is 0.260 e. The van der Waals surface area contributed by atoms with E-state index in [1.807, 2.05) is 68.3 Å². The average molecular weight is 310 g/mol. The molecule has 1 aromatic heterocycles. The molecule has 0 N–H and O–H groups in total. The number of carbonyl (C=O) groups excluding carboxylic acids is 1. The van der Waals surface area contributed by atoms with Gasteiger partial charge in [-0.25, -0.2) is 0 Å². The van der Waals surface area contributed by atoms with Crippen molar-refractivity contribution in [2.75, 3.05) is 11.4 Å². The number of benzene rings is 1. The number of hydrogen-bond donors (Lipinski definition) is 0. The van der Waals surface area contributed by atoms with E-state index in [0.717, 1.165) is 23.2 Å². The molecule has 1 aromatic carbocycles. The maximum atomic E-state index is 13.2. The Morgan fingerprint density at radius 3 is 2.65 bits per heavy atom. The number of nitrogens with zero attached hydrogens (tertiary/aromatic N) is 2. The third-order valence-corrected chi connectivity index (χ3v) is 3.84. The molecule has 0 saturated heterocycles. The van der Waals surface area contributed by atoms with Crippen LogP contribution in [0.3, 0.4) is 0 Å². The molecule has 4 heteroatoms. The molecule has 3 rings (SSSR count). The zero-order valence-corrected chi connectivity index (χ0v) is 13.8. The van der Waals surface area contributed by atoms with Gasteiger partial charge < -0.3 is 9.64 Å². The Bertz CT molecular complexity index is 692. The largest absolute Gasteiger partial charge is 0.358 e. The lowest BCUT2D eigenvalue weighted by molar-refractivity contribution is -0.140. The lowest BCUT2D eigenvalue weighted by Gasteiger charge is -2.30. The normalized spacial score (nSPS) is 15.3. The summed E-state index contributed by atoms with van der Waals surface area (Å²) in [4.78, 5) is 19.1. The van der Waals surface area contributed by atoms with Gasteiger partial charge in [0.05, 0.1) is 11.3 Å². The zero-order chi connectivity index (χ0) is 16.4. The van der Waals surface area contributed by atoms with Crippen LogP contribution in [0, 0.1) is 0 Å². The molecule has 0 unspecified atom stereocenters. The third kappa shape index (κ3) is 3.42. The van der Waals surface area contributed by atoms with Gasteiger partial charge in [0.15, 0.2) is 6.10 Å². The van der Waals surface area contributed by atoms with Gasteiger partial charge >= 0.3 is 0 Å². The van der Waals surface area contributed by atoms with Crippen molar-refractivity contribution < 1.29 is 9.53 Å². The molecule has 2 aromatic rings. The number of pyridine rings is 1. The van der Waals surface area contributed by atoms with E-state index in [9.17, 15) is 4.79 Å². The molecular weight excluding hydrogens is 288 g/mol. The standard InChI is InChI=1S/C19H22N2O2/c1-19(2,3)23-17(14-7-5-4-6-8-14)18(22)21-12-10-15-13-20-11-9-16(15)21/h4-9,11,13,17H,10,12H2,1-3H3/t17-/m0/s1. The number of hydrogen-bond acceptors (Lipinski definition) is 3. The summed E-state index contributed by atoms with van der Waals surface area (Å²) in [5.41, 5.74) is 2.54. The zero-order valence-electron chi connectivity index (χ0n) is 13.8. The van der Waals surface area contributed by atoms with Gasteiger partial charge in [-0.1, -0.05) is 30.3 Å². The molecule has 0 fully saturated rings. The summed E-state index contributed by atoms with van der Waals surface area (Å²) in [5.74, 6) is -0.0175. The van der Waals surface area contributed by atoms with Crippen molar-refractivity contribution in [1.29, 1.82) is 0 Å². The molecule has 0 spiro atoms. The van der Waals surface area contributed by atoms with Crippen LogP contribution in [0.15, 0.2) is 48.8 Å². The van der Waals surface area contributed by atoms with Crippen LogP contribution in [-0.4, -0.2) is 23.0 Å². The van der Waals surface area contributed by atoms with Crippen LogP contribution in [0.1, 0.15) is 38.0 Å². The third-order valence-electron chi connectivity index (χ3n) is 3.84. The number of anilines is 1. The molecule has 1 aliphatic rings. The number of fused-ring (bicyclic) bond motifs is 1. The summed E-state index contributed by atoms with van der Waals surface area (Å²) in [7, 11) is 0. The van der Waals surface area contributed by atoms with Crippen molar-refractivity contribution in [3.8, 4) is 0 Å². The lowest BCUT2D eigenvalue weighted by Crippen LogP contribution is -2.38. The SMILES string of the molecule is CC(C)(C)O[C@H](C(=O)N1CCc2cnccc21)c1ccccc1. The fourth-order valence-corrected chi connectivity index (χ4v) is 2.84. The Labute approximate surface area is 137 Å². The highest BCUT2D eigenvalue weighted by atomic mass is 16.5. The number of amides is 1. The number of carbonyl (C=O) groups is 1. The van der Waals surface area contributed by atoms with E-state index in [4.69, 9.17) is 4.74 Å². The molecule has 120 valence electrons. The van der Waals surface area contributed by atoms with Crippen molar-refractivity contribution in [3.63, 3.8) is 0 Å². The molecule has 1 aliphatic heterocycles. The van der Waals surface area contributed by atoms with Crippen LogP contribution in [-0.2, 0) is 16.0 Å². The van der Waals surface area contributed by atoms with Gasteiger partial charge in [0, 0.05) is 18.9 Å². The van der Waals surface area contributed by atoms with Gasteiger partial charge in [-0.2, -0.15) is 0 Å². The second-order valence-corrected chi connectivity index (χ2v) is 6.77. The molecule has 2 heterocycles. The number of ether oxygens (including phenoxy) is 1. The smallest absolute Gasteiger partial charge is 0.260 e. The van der Waals surface area contributed by atoms with E-state index in [2.05, 4.69) is 4.98 Å². The molecule has 0 aliphatic carbocycles. The van der Waals surface area contributed by atoms with Crippen molar-refractivity contribution in [1.82, 2.24) is 4.98 Å². The van der Waals surface area contributed by atoms with Gasteiger partial charge in [0.1, 0.15) is 0 Å². The van der Waals surface area contributed by atoms with Gasteiger partial charge in [0.2, 0.25) is 0 Å². The van der Waals surface area contributed by atoms with E-state index in [-0.39, 0.29) is 5.91 Å². The highest BCUT2D eigenvalue weighted by molar-refractivity contribution is 5.98. The Morgan fingerprint density at radius 2 is 1.96 bits per heavy atom. The first-order valence-electron chi connectivity index (χ1n) is 7.93. The topological polar surface area (TPSA) is 42.4 Å². The van der Waals surface area contributed by atoms with E-state index in [1.54, 1.807) is 6.20 Å². The molecule has 0 bridgehead atoms. The number of aromatic nitrogens is 1. The van der Waals surface area contributed by atoms with Crippen LogP contribution in [0.2, 0.25) is 0 Å². The average Bonchev–Trinajstić information content (AvgIpc) is 2.96. The quantitative estimate of drug-likeness (QED) is 0.871. The fourth-order valence-electron chi connectivity index (χ4n) is 2.84. The van der Waals surface area contributed by atoms with E-state index in [1.165, 1.54) is 0 Å². The van der Waals surface area contributed by atoms with Crippen molar-refractivity contribution in [2.24, 2.45) is 0 Å². The minimum atomic E-state index is -0.602. The predicted molar refractivity (Wildman–Crippen MR) is 90.3 cm³/mol. The Kier molecular flexibility index (Phi) is 4.18. The number of rotatable bonds is 3. The summed E-state index contributed by atoms with van der Waals surface area (Å²) in [6.07, 6.45) is 3.80. The summed E-state index contributed by atoms with van der Waals surface area (Å²) in [6, 6.07) is 11.6. The summed E-state index contributed by atoms with van der Waals surface area (Å²) in [5, 5.41) is 0. The first-order valence-corrected chi connectivity index (χ1v) is 7.93. The maximum absolute atomic E-state index is 13.2. The second-order valence-electron chi connectivity index (χ2n) is 6.77. The molecule has 23 heavy (non-hydrogen) atoms. The minimum Gasteiger partial charge on any atom is -0.358 e. The minimum absolute atomic E-state index is 0.0175. The Balaban J connectivity index is 1.93. The first kappa shape index (κ1) is 15.7. The van der Waals surface area contributed by atoms with Gasteiger partial charge in [-0.3, -0.25) is 9.78 Å². The van der Waals surface area contributed by atoms with Crippen LogP contribution >= 0.6 is 0 Å². The lowest BCUT2D eigenvalue weighted by atomic mass is 10.1. The first-order chi connectivity index (χ1) is 11.0. The van der Waals surface area contributed by atoms with Crippen molar-refractivity contribution >= 4 is 11.6 Å². The molecule has 4 nitrogen and oxygen atoms in total. The van der Waals surface area contributed by atoms with Crippen molar-refractivity contribution in [2.45, 2.75) is 38.9 Å². The van der Waals surface area contributed by atoms with E-state index < -0.39 is 11.7 Å². The van der Waals surface area contributed by atoms with Gasteiger partial charge in [-0.15, -0.1) is 0 Å². The summed E-state index contributed by atoms with van der Waals surface area (Å²) >= 11 is 0. The molecular formula is C19H22N2O2. The Hall–Kier alpha value is -2.20. The molecule has 1 amide bonds. The molecule has 1 atom stereocenters. The van der Waals surface area contributed by atoms with Crippen LogP contribution in [0.25, 0.3) is 0 Å². The highest BCUT2D eigenvalue weighted by Gasteiger charge is 2.34. The van der Waals surface area contributed by atoms with E-state index >= 15 is 0 Å².